The number of amides is 1. The largest absolute Gasteiger partial charge is 0.395 e. The van der Waals surface area contributed by atoms with Gasteiger partial charge in [0.2, 0.25) is 5.91 Å². The molecule has 15 heavy (non-hydrogen) atoms. The zero-order valence-electron chi connectivity index (χ0n) is 8.57. The molecule has 0 atom stereocenters. The first-order chi connectivity index (χ1) is 7.33. The normalized spacial score (nSPS) is 9.93. The van der Waals surface area contributed by atoms with Crippen LogP contribution in [0, 0.1) is 0 Å². The minimum absolute atomic E-state index is 0.0476. The van der Waals surface area contributed by atoms with Gasteiger partial charge in [0.15, 0.2) is 0 Å². The van der Waals surface area contributed by atoms with Crippen LogP contribution in [0.4, 0.5) is 0 Å². The van der Waals surface area contributed by atoms with E-state index in [-0.39, 0.29) is 19.1 Å². The summed E-state index contributed by atoms with van der Waals surface area (Å²) in [6, 6.07) is 9.73. The van der Waals surface area contributed by atoms with Crippen LogP contribution in [0.2, 0.25) is 0 Å². The summed E-state index contributed by atoms with van der Waals surface area (Å²) >= 11 is 0. The molecule has 82 valence electrons. The fraction of sp³-hybridized carbons (Fsp3) is 0.364. The first kappa shape index (κ1) is 11.7. The maximum atomic E-state index is 11.2. The lowest BCUT2D eigenvalue weighted by Crippen LogP contribution is -2.34. The van der Waals surface area contributed by atoms with Gasteiger partial charge in [-0.1, -0.05) is 30.3 Å². The summed E-state index contributed by atoms with van der Waals surface area (Å²) in [5.41, 5.74) is 1.08. The first-order valence-electron chi connectivity index (χ1n) is 4.95. The molecule has 1 rings (SSSR count). The van der Waals surface area contributed by atoms with Crippen LogP contribution < -0.4 is 10.6 Å². The highest BCUT2D eigenvalue weighted by atomic mass is 16.3. The molecule has 0 unspecified atom stereocenters. The summed E-state index contributed by atoms with van der Waals surface area (Å²) in [6.45, 7) is 1.28. The second kappa shape index (κ2) is 6.98. The van der Waals surface area contributed by atoms with Gasteiger partial charge in [-0.2, -0.15) is 0 Å². The molecular weight excluding hydrogens is 192 g/mol. The van der Waals surface area contributed by atoms with Crippen molar-refractivity contribution in [2.24, 2.45) is 0 Å². The Labute approximate surface area is 89.3 Å². The van der Waals surface area contributed by atoms with Crippen LogP contribution >= 0.6 is 0 Å². The van der Waals surface area contributed by atoms with Gasteiger partial charge in [0.05, 0.1) is 13.2 Å². The average Bonchev–Trinajstić information content (AvgIpc) is 2.28. The third-order valence-electron chi connectivity index (χ3n) is 1.91. The Balaban J connectivity index is 2.17. The van der Waals surface area contributed by atoms with E-state index in [1.165, 1.54) is 0 Å². The Morgan fingerprint density at radius 2 is 2.00 bits per heavy atom. The molecule has 1 aromatic carbocycles. The number of nitrogens with one attached hydrogen (secondary N) is 2. The molecule has 0 heterocycles. The predicted molar refractivity (Wildman–Crippen MR) is 58.2 cm³/mol. The molecule has 4 nitrogen and oxygen atoms in total. The summed E-state index contributed by atoms with van der Waals surface area (Å²) in [4.78, 5) is 11.2. The molecule has 0 aromatic heterocycles. The van der Waals surface area contributed by atoms with E-state index in [9.17, 15) is 4.79 Å². The number of carbonyl (C=O) groups is 1. The number of rotatable bonds is 6. The number of carbonyl (C=O) groups excluding carboxylic acids is 1. The number of hydrogen-bond donors (Lipinski definition) is 3. The number of aliphatic hydroxyl groups excluding tert-OH is 1. The van der Waals surface area contributed by atoms with E-state index >= 15 is 0 Å². The summed E-state index contributed by atoms with van der Waals surface area (Å²) in [6.07, 6.45) is 0. The van der Waals surface area contributed by atoms with E-state index < -0.39 is 0 Å². The second-order valence-corrected chi connectivity index (χ2v) is 3.16. The fourth-order valence-corrected chi connectivity index (χ4v) is 1.14. The van der Waals surface area contributed by atoms with Crippen LogP contribution in [0.15, 0.2) is 30.3 Å². The van der Waals surface area contributed by atoms with Gasteiger partial charge in [0, 0.05) is 13.1 Å². The van der Waals surface area contributed by atoms with Crippen LogP contribution in [-0.2, 0) is 11.3 Å². The molecule has 4 heteroatoms. The molecule has 0 fully saturated rings. The lowest BCUT2D eigenvalue weighted by Gasteiger charge is -2.05. The zero-order valence-corrected chi connectivity index (χ0v) is 8.57. The summed E-state index contributed by atoms with van der Waals surface area (Å²) in [5.74, 6) is -0.0627. The van der Waals surface area contributed by atoms with Crippen molar-refractivity contribution in [2.45, 2.75) is 6.54 Å². The van der Waals surface area contributed by atoms with Crippen molar-refractivity contribution in [1.29, 1.82) is 0 Å². The Morgan fingerprint density at radius 3 is 2.67 bits per heavy atom. The summed E-state index contributed by atoms with van der Waals surface area (Å²) < 4.78 is 0. The highest BCUT2D eigenvalue weighted by Gasteiger charge is 1.99. The molecule has 0 aliphatic heterocycles. The summed E-state index contributed by atoms with van der Waals surface area (Å²) in [5, 5.41) is 14.1. The molecule has 1 amide bonds. The van der Waals surface area contributed by atoms with Crippen molar-refractivity contribution in [3.8, 4) is 0 Å². The fourth-order valence-electron chi connectivity index (χ4n) is 1.14. The zero-order chi connectivity index (χ0) is 10.9. The van der Waals surface area contributed by atoms with Gasteiger partial charge in [-0.3, -0.25) is 4.79 Å². The molecular formula is C11H16N2O2. The quantitative estimate of drug-likeness (QED) is 0.571. The molecule has 3 N–H and O–H groups in total. The van der Waals surface area contributed by atoms with Gasteiger partial charge in [-0.15, -0.1) is 0 Å². The lowest BCUT2D eigenvalue weighted by molar-refractivity contribution is -0.120. The Bertz CT molecular complexity index is 288. The third kappa shape index (κ3) is 5.15. The van der Waals surface area contributed by atoms with Crippen molar-refractivity contribution in [3.05, 3.63) is 35.9 Å². The van der Waals surface area contributed by atoms with E-state index in [0.717, 1.165) is 5.56 Å². The van der Waals surface area contributed by atoms with Gasteiger partial charge in [0.1, 0.15) is 0 Å². The first-order valence-corrected chi connectivity index (χ1v) is 4.95. The molecule has 0 spiro atoms. The third-order valence-corrected chi connectivity index (χ3v) is 1.91. The Kier molecular flexibility index (Phi) is 5.43. The highest BCUT2D eigenvalue weighted by molar-refractivity contribution is 5.77. The smallest absolute Gasteiger partial charge is 0.234 e. The standard InChI is InChI=1S/C11H16N2O2/c14-7-6-12-9-11(15)13-8-10-4-2-1-3-5-10/h1-5,12,14H,6-9H2,(H,13,15). The van der Waals surface area contributed by atoms with Crippen molar-refractivity contribution in [3.63, 3.8) is 0 Å². The highest BCUT2D eigenvalue weighted by Crippen LogP contribution is 1.96. The van der Waals surface area contributed by atoms with Crippen molar-refractivity contribution >= 4 is 5.91 Å². The lowest BCUT2D eigenvalue weighted by atomic mass is 10.2. The second-order valence-electron chi connectivity index (χ2n) is 3.16. The van der Waals surface area contributed by atoms with Crippen LogP contribution in [0.3, 0.4) is 0 Å². The SMILES string of the molecule is O=C(CNCCO)NCc1ccccc1. The average molecular weight is 208 g/mol. The van der Waals surface area contributed by atoms with E-state index in [2.05, 4.69) is 10.6 Å². The number of aliphatic hydroxyl groups is 1. The minimum atomic E-state index is -0.0627. The van der Waals surface area contributed by atoms with E-state index in [1.54, 1.807) is 0 Å². The predicted octanol–water partition coefficient (Wildman–Crippen LogP) is -0.115. The monoisotopic (exact) mass is 208 g/mol. The van der Waals surface area contributed by atoms with Gasteiger partial charge < -0.3 is 15.7 Å². The molecule has 0 aliphatic rings. The van der Waals surface area contributed by atoms with E-state index in [1.807, 2.05) is 30.3 Å². The maximum Gasteiger partial charge on any atom is 0.234 e. The molecule has 0 radical (unpaired) electrons. The van der Waals surface area contributed by atoms with Crippen LogP contribution in [0.1, 0.15) is 5.56 Å². The Hall–Kier alpha value is -1.39. The molecule has 0 aliphatic carbocycles. The topological polar surface area (TPSA) is 61.4 Å². The van der Waals surface area contributed by atoms with Crippen molar-refractivity contribution < 1.29 is 9.90 Å². The maximum absolute atomic E-state index is 11.2. The Morgan fingerprint density at radius 1 is 1.27 bits per heavy atom. The van der Waals surface area contributed by atoms with Gasteiger partial charge in [-0.05, 0) is 5.56 Å². The van der Waals surface area contributed by atoms with Gasteiger partial charge >= 0.3 is 0 Å². The molecule has 0 saturated carbocycles. The van der Waals surface area contributed by atoms with Crippen LogP contribution in [0.5, 0.6) is 0 Å². The minimum Gasteiger partial charge on any atom is -0.395 e. The van der Waals surface area contributed by atoms with Crippen molar-refractivity contribution in [1.82, 2.24) is 10.6 Å². The summed E-state index contributed by atoms with van der Waals surface area (Å²) in [7, 11) is 0. The van der Waals surface area contributed by atoms with E-state index in [4.69, 9.17) is 5.11 Å². The van der Waals surface area contributed by atoms with E-state index in [0.29, 0.717) is 13.1 Å². The van der Waals surface area contributed by atoms with Crippen LogP contribution in [-0.4, -0.2) is 30.7 Å². The number of hydrogen-bond acceptors (Lipinski definition) is 3. The van der Waals surface area contributed by atoms with Gasteiger partial charge in [0.25, 0.3) is 0 Å². The molecule has 0 bridgehead atoms. The van der Waals surface area contributed by atoms with Crippen molar-refractivity contribution in [2.75, 3.05) is 19.7 Å². The molecule has 1 aromatic rings. The van der Waals surface area contributed by atoms with Crippen LogP contribution in [0.25, 0.3) is 0 Å². The van der Waals surface area contributed by atoms with Gasteiger partial charge in [-0.25, -0.2) is 0 Å². The number of benzene rings is 1. The molecule has 0 saturated heterocycles.